The highest BCUT2D eigenvalue weighted by Crippen LogP contribution is 2.34. The molecule has 12 heavy (non-hydrogen) atoms. The molecule has 2 aliphatic rings. The van der Waals surface area contributed by atoms with Gasteiger partial charge >= 0.3 is 6.09 Å². The molecule has 0 saturated carbocycles. The quantitative estimate of drug-likeness (QED) is 0.623. The van der Waals surface area contributed by atoms with Gasteiger partial charge in [0.25, 0.3) is 0 Å². The van der Waals surface area contributed by atoms with Crippen LogP contribution in [0.4, 0.5) is 4.79 Å². The molecule has 0 aromatic rings. The Bertz CT molecular complexity index is 283. The first-order valence-corrected chi connectivity index (χ1v) is 4.78. The normalized spacial score (nSPS) is 21.5. The summed E-state index contributed by atoms with van der Waals surface area (Å²) in [6.07, 6.45) is 3.70. The minimum absolute atomic E-state index is 0.564. The van der Waals surface area contributed by atoms with Crippen LogP contribution in [0.1, 0.15) is 6.42 Å². The molecule has 64 valence electrons. The maximum Gasteiger partial charge on any atom is 0.411 e. The van der Waals surface area contributed by atoms with E-state index in [0.29, 0.717) is 6.54 Å². The maximum absolute atomic E-state index is 10.6. The number of hydrogen-bond acceptors (Lipinski definition) is 2. The first-order valence-electron chi connectivity index (χ1n) is 3.80. The molecule has 1 amide bonds. The van der Waals surface area contributed by atoms with Crippen molar-refractivity contribution in [1.29, 1.82) is 0 Å². The van der Waals surface area contributed by atoms with E-state index in [-0.39, 0.29) is 0 Å². The standard InChI is InChI=1S/C8H9NO2S/c10-8(11)9-3-1-7-6(5-9)2-4-12-7/h1,3H,2,4-5H2,(H,10,11). The van der Waals surface area contributed by atoms with Crippen molar-refractivity contribution in [3.63, 3.8) is 0 Å². The number of nitrogens with zero attached hydrogens (tertiary/aromatic N) is 1. The van der Waals surface area contributed by atoms with Crippen molar-refractivity contribution in [2.45, 2.75) is 6.42 Å². The summed E-state index contributed by atoms with van der Waals surface area (Å²) < 4.78 is 0. The van der Waals surface area contributed by atoms with E-state index in [9.17, 15) is 4.79 Å². The third kappa shape index (κ3) is 1.22. The number of carboxylic acid groups (broad SMARTS) is 1. The van der Waals surface area contributed by atoms with Crippen LogP contribution >= 0.6 is 11.8 Å². The third-order valence-corrected chi connectivity index (χ3v) is 3.17. The summed E-state index contributed by atoms with van der Waals surface area (Å²) in [6.45, 7) is 0.564. The molecule has 0 aliphatic carbocycles. The van der Waals surface area contributed by atoms with E-state index in [4.69, 9.17) is 5.11 Å². The number of amides is 1. The lowest BCUT2D eigenvalue weighted by Gasteiger charge is -2.19. The van der Waals surface area contributed by atoms with E-state index in [2.05, 4.69) is 0 Å². The Morgan fingerprint density at radius 3 is 3.25 bits per heavy atom. The second kappa shape index (κ2) is 2.86. The summed E-state index contributed by atoms with van der Waals surface area (Å²) in [5.74, 6) is 1.10. The average molecular weight is 183 g/mol. The van der Waals surface area contributed by atoms with Crippen LogP contribution in [0, 0.1) is 0 Å². The molecule has 4 heteroatoms. The zero-order chi connectivity index (χ0) is 8.55. The number of thioether (sulfide) groups is 1. The number of rotatable bonds is 0. The molecule has 0 unspecified atom stereocenters. The van der Waals surface area contributed by atoms with Crippen LogP contribution in [0.3, 0.4) is 0 Å². The highest BCUT2D eigenvalue weighted by Gasteiger charge is 2.21. The molecule has 0 fully saturated rings. The Kier molecular flexibility index (Phi) is 1.84. The van der Waals surface area contributed by atoms with Gasteiger partial charge in [-0.2, -0.15) is 0 Å². The van der Waals surface area contributed by atoms with Crippen molar-refractivity contribution in [1.82, 2.24) is 4.90 Å². The summed E-state index contributed by atoms with van der Waals surface area (Å²) in [4.78, 5) is 13.2. The lowest BCUT2D eigenvalue weighted by Crippen LogP contribution is -2.27. The fraction of sp³-hybridized carbons (Fsp3) is 0.375. The Morgan fingerprint density at radius 1 is 1.67 bits per heavy atom. The maximum atomic E-state index is 10.6. The second-order valence-corrected chi connectivity index (χ2v) is 3.93. The number of allylic oxidation sites excluding steroid dienone is 1. The Labute approximate surface area is 74.7 Å². The second-order valence-electron chi connectivity index (χ2n) is 2.79. The molecule has 1 N–H and O–H groups in total. The molecule has 0 radical (unpaired) electrons. The summed E-state index contributed by atoms with van der Waals surface area (Å²) in [6, 6.07) is 0. The smallest absolute Gasteiger partial charge is 0.411 e. The first kappa shape index (κ1) is 7.73. The van der Waals surface area contributed by atoms with Crippen LogP contribution in [-0.4, -0.2) is 28.4 Å². The molecular formula is C8H9NO2S. The van der Waals surface area contributed by atoms with Gasteiger partial charge in [0.15, 0.2) is 0 Å². The van der Waals surface area contributed by atoms with Gasteiger partial charge in [-0.3, -0.25) is 4.90 Å². The van der Waals surface area contributed by atoms with Crippen LogP contribution < -0.4 is 0 Å². The molecular weight excluding hydrogens is 174 g/mol. The van der Waals surface area contributed by atoms with E-state index in [0.717, 1.165) is 12.2 Å². The van der Waals surface area contributed by atoms with E-state index in [1.165, 1.54) is 15.4 Å². The van der Waals surface area contributed by atoms with Crippen LogP contribution in [0.5, 0.6) is 0 Å². The SMILES string of the molecule is O=C(O)N1C=CC2=C(CCS2)C1. The van der Waals surface area contributed by atoms with E-state index in [1.54, 1.807) is 6.20 Å². The van der Waals surface area contributed by atoms with Crippen molar-refractivity contribution in [2.24, 2.45) is 0 Å². The molecule has 0 atom stereocenters. The predicted octanol–water partition coefficient (Wildman–Crippen LogP) is 1.88. The van der Waals surface area contributed by atoms with Gasteiger partial charge in [-0.05, 0) is 18.1 Å². The largest absolute Gasteiger partial charge is 0.465 e. The zero-order valence-electron chi connectivity index (χ0n) is 6.49. The Hall–Kier alpha value is -0.900. The Morgan fingerprint density at radius 2 is 2.50 bits per heavy atom. The molecule has 2 heterocycles. The molecule has 3 nitrogen and oxygen atoms in total. The fourth-order valence-corrected chi connectivity index (χ4v) is 2.48. The average Bonchev–Trinajstić information content (AvgIpc) is 2.49. The van der Waals surface area contributed by atoms with Gasteiger partial charge in [-0.25, -0.2) is 4.79 Å². The van der Waals surface area contributed by atoms with Gasteiger partial charge in [0.2, 0.25) is 0 Å². The molecule has 0 aromatic heterocycles. The van der Waals surface area contributed by atoms with E-state index >= 15 is 0 Å². The van der Waals surface area contributed by atoms with Gasteiger partial charge < -0.3 is 5.11 Å². The van der Waals surface area contributed by atoms with Gasteiger partial charge in [0.05, 0.1) is 6.54 Å². The van der Waals surface area contributed by atoms with Gasteiger partial charge in [0, 0.05) is 16.9 Å². The van der Waals surface area contributed by atoms with Crippen LogP contribution in [0.15, 0.2) is 22.8 Å². The lowest BCUT2D eigenvalue weighted by atomic mass is 10.1. The van der Waals surface area contributed by atoms with Crippen molar-refractivity contribution >= 4 is 17.9 Å². The van der Waals surface area contributed by atoms with E-state index in [1.807, 2.05) is 17.8 Å². The molecule has 2 rings (SSSR count). The van der Waals surface area contributed by atoms with Crippen molar-refractivity contribution in [3.8, 4) is 0 Å². The van der Waals surface area contributed by atoms with Gasteiger partial charge in [0.1, 0.15) is 0 Å². The lowest BCUT2D eigenvalue weighted by molar-refractivity contribution is 0.165. The van der Waals surface area contributed by atoms with Crippen molar-refractivity contribution in [2.75, 3.05) is 12.3 Å². The van der Waals surface area contributed by atoms with Crippen LogP contribution in [0.2, 0.25) is 0 Å². The van der Waals surface area contributed by atoms with E-state index < -0.39 is 6.09 Å². The molecule has 2 aliphatic heterocycles. The topological polar surface area (TPSA) is 40.5 Å². The van der Waals surface area contributed by atoms with Crippen LogP contribution in [-0.2, 0) is 0 Å². The van der Waals surface area contributed by atoms with Crippen LogP contribution in [0.25, 0.3) is 0 Å². The number of hydrogen-bond donors (Lipinski definition) is 1. The van der Waals surface area contributed by atoms with Gasteiger partial charge in [-0.15, -0.1) is 11.8 Å². The van der Waals surface area contributed by atoms with Crippen molar-refractivity contribution in [3.05, 3.63) is 22.8 Å². The third-order valence-electron chi connectivity index (χ3n) is 2.02. The highest BCUT2D eigenvalue weighted by molar-refractivity contribution is 8.03. The summed E-state index contributed by atoms with van der Waals surface area (Å²) in [5.41, 5.74) is 1.27. The monoisotopic (exact) mass is 183 g/mol. The molecule has 0 bridgehead atoms. The zero-order valence-corrected chi connectivity index (χ0v) is 7.30. The molecule has 0 aromatic carbocycles. The highest BCUT2D eigenvalue weighted by atomic mass is 32.2. The predicted molar refractivity (Wildman–Crippen MR) is 48.0 cm³/mol. The Balaban J connectivity index is 2.15. The van der Waals surface area contributed by atoms with Gasteiger partial charge in [-0.1, -0.05) is 0 Å². The minimum Gasteiger partial charge on any atom is -0.465 e. The summed E-state index contributed by atoms with van der Waals surface area (Å²) >= 11 is 1.81. The minimum atomic E-state index is -0.866. The number of carbonyl (C=O) groups is 1. The summed E-state index contributed by atoms with van der Waals surface area (Å²) in [5, 5.41) is 8.70. The first-order chi connectivity index (χ1) is 5.77. The molecule has 0 spiro atoms. The summed E-state index contributed by atoms with van der Waals surface area (Å²) in [7, 11) is 0. The fourth-order valence-electron chi connectivity index (χ4n) is 1.38. The van der Waals surface area contributed by atoms with Crippen molar-refractivity contribution < 1.29 is 9.90 Å². The molecule has 0 saturated heterocycles.